The van der Waals surface area contributed by atoms with Crippen LogP contribution in [-0.2, 0) is 4.79 Å². The van der Waals surface area contributed by atoms with Crippen LogP contribution in [0.5, 0.6) is 0 Å². The average molecular weight is 490 g/mol. The van der Waals surface area contributed by atoms with E-state index in [0.717, 1.165) is 70.0 Å². The molecule has 37 heavy (non-hydrogen) atoms. The summed E-state index contributed by atoms with van der Waals surface area (Å²) in [6, 6.07) is 11.8. The number of fused-ring (bicyclic) bond motifs is 2. The third-order valence-electron chi connectivity index (χ3n) is 7.05. The molecule has 6 aromatic rings. The summed E-state index contributed by atoms with van der Waals surface area (Å²) < 4.78 is 5.24. The lowest BCUT2D eigenvalue weighted by molar-refractivity contribution is -0.119. The Labute approximate surface area is 211 Å². The second-order valence-corrected chi connectivity index (χ2v) is 9.42. The maximum absolute atomic E-state index is 12.6. The maximum atomic E-state index is 12.6. The second-order valence-electron chi connectivity index (χ2n) is 9.42. The number of H-pyrrole nitrogens is 2. The lowest BCUT2D eigenvalue weighted by Crippen LogP contribution is -2.20. The van der Waals surface area contributed by atoms with E-state index in [2.05, 4.69) is 36.5 Å². The summed E-state index contributed by atoms with van der Waals surface area (Å²) in [5, 5.41) is 11.6. The molecule has 7 rings (SSSR count). The molecule has 3 N–H and O–H groups in total. The molecule has 9 heteroatoms. The molecule has 0 bridgehead atoms. The highest BCUT2D eigenvalue weighted by atomic mass is 16.3. The molecule has 0 spiro atoms. The van der Waals surface area contributed by atoms with Crippen LogP contribution in [-0.4, -0.2) is 36.0 Å². The number of hydrogen-bond donors (Lipinski definition) is 3. The predicted octanol–water partition coefficient (Wildman–Crippen LogP) is 5.95. The van der Waals surface area contributed by atoms with E-state index >= 15 is 0 Å². The molecule has 5 heterocycles. The van der Waals surface area contributed by atoms with Crippen molar-refractivity contribution in [3.63, 3.8) is 0 Å². The summed E-state index contributed by atoms with van der Waals surface area (Å²) in [7, 11) is 0. The van der Waals surface area contributed by atoms with Crippen LogP contribution in [0.3, 0.4) is 0 Å². The summed E-state index contributed by atoms with van der Waals surface area (Å²) in [4.78, 5) is 29.7. The smallest absolute Gasteiger partial charge is 0.227 e. The molecule has 1 aromatic carbocycles. The van der Waals surface area contributed by atoms with E-state index < -0.39 is 0 Å². The van der Waals surface area contributed by atoms with Gasteiger partial charge in [-0.15, -0.1) is 0 Å². The highest BCUT2D eigenvalue weighted by Crippen LogP contribution is 2.33. The second kappa shape index (κ2) is 8.70. The largest absolute Gasteiger partial charge is 0.472 e. The van der Waals surface area contributed by atoms with E-state index in [0.29, 0.717) is 17.2 Å². The van der Waals surface area contributed by atoms with E-state index in [1.165, 1.54) is 0 Å². The molecule has 0 aliphatic heterocycles. The Morgan fingerprint density at radius 3 is 2.76 bits per heavy atom. The van der Waals surface area contributed by atoms with Crippen LogP contribution < -0.4 is 5.32 Å². The van der Waals surface area contributed by atoms with Gasteiger partial charge in [-0.3, -0.25) is 19.9 Å². The van der Waals surface area contributed by atoms with E-state index in [1.807, 2.05) is 30.3 Å². The average Bonchev–Trinajstić information content (AvgIpc) is 3.74. The van der Waals surface area contributed by atoms with Crippen LogP contribution in [0, 0.1) is 5.92 Å². The summed E-state index contributed by atoms with van der Waals surface area (Å²) in [6.07, 6.45) is 12.7. The van der Waals surface area contributed by atoms with Crippen molar-refractivity contribution in [3.05, 3.63) is 67.5 Å². The molecular formula is C28H23N7O2. The van der Waals surface area contributed by atoms with Gasteiger partial charge < -0.3 is 14.7 Å². The molecule has 5 aromatic heterocycles. The number of aromatic amines is 2. The van der Waals surface area contributed by atoms with Gasteiger partial charge in [0.05, 0.1) is 35.4 Å². The van der Waals surface area contributed by atoms with Gasteiger partial charge >= 0.3 is 0 Å². The number of carbonyl (C=O) groups excluding carboxylic acids is 1. The van der Waals surface area contributed by atoms with Gasteiger partial charge in [-0.1, -0.05) is 18.9 Å². The van der Waals surface area contributed by atoms with Crippen LogP contribution in [0.15, 0.2) is 71.9 Å². The van der Waals surface area contributed by atoms with Gasteiger partial charge in [0.15, 0.2) is 5.82 Å². The fourth-order valence-electron chi connectivity index (χ4n) is 5.13. The third kappa shape index (κ3) is 3.85. The molecule has 0 atom stereocenters. The fraction of sp³-hybridized carbons (Fsp3) is 0.179. The number of benzene rings is 1. The van der Waals surface area contributed by atoms with Crippen molar-refractivity contribution in [1.82, 2.24) is 30.1 Å². The Hall–Kier alpha value is -4.79. The minimum Gasteiger partial charge on any atom is -0.472 e. The van der Waals surface area contributed by atoms with Crippen molar-refractivity contribution in [2.75, 3.05) is 5.32 Å². The summed E-state index contributed by atoms with van der Waals surface area (Å²) in [5.41, 5.74) is 7.42. The summed E-state index contributed by atoms with van der Waals surface area (Å²) in [5.74, 6) is 0.826. The standard InChI is InChI=1S/C28H23N7O2/c36-28(16-3-1-2-4-16)31-20-11-19(13-29-14-20)17-5-6-22-21(12-17)25(35-34-22)27-32-23-7-9-30-24(26(23)33-27)18-8-10-37-15-18/h5-16H,1-4H2,(H,31,36)(H,32,33)(H,34,35). The first kappa shape index (κ1) is 21.5. The number of anilines is 1. The molecule has 1 aliphatic carbocycles. The number of nitrogens with zero attached hydrogens (tertiary/aromatic N) is 4. The zero-order chi connectivity index (χ0) is 24.8. The molecule has 9 nitrogen and oxygen atoms in total. The van der Waals surface area contributed by atoms with Crippen molar-refractivity contribution in [1.29, 1.82) is 0 Å². The minimum absolute atomic E-state index is 0.0817. The fourth-order valence-corrected chi connectivity index (χ4v) is 5.13. The molecule has 1 saturated carbocycles. The number of nitrogens with one attached hydrogen (secondary N) is 3. The summed E-state index contributed by atoms with van der Waals surface area (Å²) >= 11 is 0. The molecular weight excluding hydrogens is 466 g/mol. The van der Waals surface area contributed by atoms with Crippen LogP contribution in [0.1, 0.15) is 25.7 Å². The number of carbonyl (C=O) groups is 1. The zero-order valence-corrected chi connectivity index (χ0v) is 19.9. The Balaban J connectivity index is 1.25. The van der Waals surface area contributed by atoms with Crippen molar-refractivity contribution in [3.8, 4) is 33.9 Å². The van der Waals surface area contributed by atoms with E-state index in [-0.39, 0.29) is 11.8 Å². The number of aromatic nitrogens is 6. The lowest BCUT2D eigenvalue weighted by Gasteiger charge is -2.11. The Kier molecular flexibility index (Phi) is 5.05. The van der Waals surface area contributed by atoms with Crippen molar-refractivity contribution < 1.29 is 9.21 Å². The van der Waals surface area contributed by atoms with Gasteiger partial charge in [0.25, 0.3) is 0 Å². The molecule has 0 radical (unpaired) electrons. The Morgan fingerprint density at radius 2 is 1.89 bits per heavy atom. The Bertz CT molecular complexity index is 1740. The van der Waals surface area contributed by atoms with Crippen LogP contribution in [0.2, 0.25) is 0 Å². The van der Waals surface area contributed by atoms with Gasteiger partial charge in [0.1, 0.15) is 16.9 Å². The maximum Gasteiger partial charge on any atom is 0.227 e. The molecule has 1 fully saturated rings. The van der Waals surface area contributed by atoms with Crippen molar-refractivity contribution >= 4 is 33.5 Å². The quantitative estimate of drug-likeness (QED) is 0.275. The summed E-state index contributed by atoms with van der Waals surface area (Å²) in [6.45, 7) is 0. The molecule has 182 valence electrons. The number of pyridine rings is 2. The van der Waals surface area contributed by atoms with Crippen LogP contribution in [0.4, 0.5) is 5.69 Å². The number of amides is 1. The van der Waals surface area contributed by atoms with Gasteiger partial charge in [-0.2, -0.15) is 5.10 Å². The van der Waals surface area contributed by atoms with Crippen molar-refractivity contribution in [2.24, 2.45) is 5.92 Å². The van der Waals surface area contributed by atoms with Crippen LogP contribution in [0.25, 0.3) is 55.8 Å². The monoisotopic (exact) mass is 489 g/mol. The highest BCUT2D eigenvalue weighted by molar-refractivity contribution is 5.98. The first-order valence-corrected chi connectivity index (χ1v) is 12.3. The van der Waals surface area contributed by atoms with Gasteiger partial charge in [-0.05, 0) is 48.7 Å². The predicted molar refractivity (Wildman–Crippen MR) is 140 cm³/mol. The Morgan fingerprint density at radius 1 is 0.973 bits per heavy atom. The molecule has 1 aliphatic rings. The van der Waals surface area contributed by atoms with Gasteiger partial charge in [0, 0.05) is 34.8 Å². The third-order valence-corrected chi connectivity index (χ3v) is 7.05. The van der Waals surface area contributed by atoms with Gasteiger partial charge in [-0.25, -0.2) is 4.98 Å². The van der Waals surface area contributed by atoms with E-state index in [9.17, 15) is 4.79 Å². The molecule has 0 unspecified atom stereocenters. The topological polar surface area (TPSA) is 125 Å². The molecule has 0 saturated heterocycles. The number of rotatable bonds is 5. The van der Waals surface area contributed by atoms with E-state index in [1.54, 1.807) is 31.1 Å². The van der Waals surface area contributed by atoms with Crippen molar-refractivity contribution in [2.45, 2.75) is 25.7 Å². The first-order valence-electron chi connectivity index (χ1n) is 12.3. The van der Waals surface area contributed by atoms with Gasteiger partial charge in [0.2, 0.25) is 5.91 Å². The highest BCUT2D eigenvalue weighted by Gasteiger charge is 2.23. The lowest BCUT2D eigenvalue weighted by atomic mass is 10.0. The number of furan rings is 1. The normalized spacial score (nSPS) is 14.1. The van der Waals surface area contributed by atoms with E-state index in [4.69, 9.17) is 9.40 Å². The SMILES string of the molecule is O=C(Nc1cncc(-c2ccc3[nH]nc(-c4nc5c(-c6ccoc6)nccc5[nH]4)c3c2)c1)C1CCCC1. The molecule has 1 amide bonds. The minimum atomic E-state index is 0.0817. The first-order chi connectivity index (χ1) is 18.2. The number of hydrogen-bond acceptors (Lipinski definition) is 6. The van der Waals surface area contributed by atoms with Crippen LogP contribution >= 0.6 is 0 Å². The number of imidazole rings is 1. The zero-order valence-electron chi connectivity index (χ0n) is 19.9.